The number of phenols is 1. The predicted octanol–water partition coefficient (Wildman–Crippen LogP) is 3.52. The van der Waals surface area contributed by atoms with Crippen molar-refractivity contribution in [3.8, 4) is 5.75 Å². The van der Waals surface area contributed by atoms with Gasteiger partial charge in [0, 0.05) is 31.5 Å². The van der Waals surface area contributed by atoms with Crippen LogP contribution in [0.3, 0.4) is 0 Å². The zero-order chi connectivity index (χ0) is 28.9. The second kappa shape index (κ2) is 20.4. The molecule has 0 heterocycles. The molecule has 0 saturated heterocycles. The number of nitrogens with zero attached hydrogens (tertiary/aromatic N) is 1. The summed E-state index contributed by atoms with van der Waals surface area (Å²) < 4.78 is 0. The van der Waals surface area contributed by atoms with Crippen LogP contribution in [0, 0.1) is 0 Å². The zero-order valence-electron chi connectivity index (χ0n) is 23.2. The van der Waals surface area contributed by atoms with E-state index in [0.29, 0.717) is 25.8 Å². The fourth-order valence-electron chi connectivity index (χ4n) is 4.16. The SMILES string of the molecule is CCCCCCCCCCCC(=O)N[C@@H](Cc1ccc(O)cc1)C(=O)N[C@H](/C=C/C(=O)O)CCCN=C(N)N. The summed E-state index contributed by atoms with van der Waals surface area (Å²) in [7, 11) is 0. The van der Waals surface area contributed by atoms with Crippen molar-refractivity contribution in [2.75, 3.05) is 6.54 Å². The average Bonchev–Trinajstić information content (AvgIpc) is 2.89. The minimum Gasteiger partial charge on any atom is -0.508 e. The van der Waals surface area contributed by atoms with Crippen LogP contribution in [0.2, 0.25) is 0 Å². The van der Waals surface area contributed by atoms with Crippen molar-refractivity contribution in [1.29, 1.82) is 0 Å². The Kier molecular flexibility index (Phi) is 17.5. The van der Waals surface area contributed by atoms with Gasteiger partial charge in [0.1, 0.15) is 11.8 Å². The van der Waals surface area contributed by atoms with Gasteiger partial charge in [-0.2, -0.15) is 0 Å². The maximum atomic E-state index is 13.2. The zero-order valence-corrected chi connectivity index (χ0v) is 23.2. The Bertz CT molecular complexity index is 913. The van der Waals surface area contributed by atoms with Crippen LogP contribution in [-0.2, 0) is 20.8 Å². The number of carboxylic acids is 1. The van der Waals surface area contributed by atoms with Crippen LogP contribution in [0.5, 0.6) is 5.75 Å². The third-order valence-electron chi connectivity index (χ3n) is 6.30. The number of aliphatic carboxylic acids is 1. The Labute approximate surface area is 232 Å². The highest BCUT2D eigenvalue weighted by molar-refractivity contribution is 5.88. The molecular weight excluding hydrogens is 498 g/mol. The van der Waals surface area contributed by atoms with Gasteiger partial charge in [0.05, 0.1) is 0 Å². The topological polar surface area (TPSA) is 180 Å². The number of phenolic OH excluding ortho intramolecular Hbond substituents is 1. The highest BCUT2D eigenvalue weighted by Gasteiger charge is 2.23. The number of carboxylic acid groups (broad SMARTS) is 1. The first-order valence-electron chi connectivity index (χ1n) is 14.1. The summed E-state index contributed by atoms with van der Waals surface area (Å²) in [6.45, 7) is 2.54. The van der Waals surface area contributed by atoms with Crippen LogP contribution >= 0.6 is 0 Å². The first-order chi connectivity index (χ1) is 18.7. The quantitative estimate of drug-likeness (QED) is 0.0591. The van der Waals surface area contributed by atoms with Crippen LogP contribution < -0.4 is 22.1 Å². The van der Waals surface area contributed by atoms with Gasteiger partial charge in [-0.15, -0.1) is 0 Å². The number of rotatable bonds is 21. The van der Waals surface area contributed by atoms with E-state index in [4.69, 9.17) is 16.6 Å². The number of carbonyl (C=O) groups excluding carboxylic acids is 2. The second-order valence-electron chi connectivity index (χ2n) is 9.83. The Morgan fingerprint density at radius 2 is 1.54 bits per heavy atom. The van der Waals surface area contributed by atoms with Crippen molar-refractivity contribution < 1.29 is 24.6 Å². The molecule has 218 valence electrons. The smallest absolute Gasteiger partial charge is 0.328 e. The minimum absolute atomic E-state index is 0.0414. The Balaban J connectivity index is 2.73. The van der Waals surface area contributed by atoms with Gasteiger partial charge in [0.15, 0.2) is 5.96 Å². The van der Waals surface area contributed by atoms with Crippen LogP contribution in [0.15, 0.2) is 41.4 Å². The maximum absolute atomic E-state index is 13.2. The van der Waals surface area contributed by atoms with E-state index in [2.05, 4.69) is 22.5 Å². The molecule has 2 amide bonds. The lowest BCUT2D eigenvalue weighted by Gasteiger charge is -2.22. The van der Waals surface area contributed by atoms with Gasteiger partial charge in [0.2, 0.25) is 11.8 Å². The van der Waals surface area contributed by atoms with Crippen LogP contribution in [-0.4, -0.2) is 52.6 Å². The van der Waals surface area contributed by atoms with Crippen LogP contribution in [0.1, 0.15) is 89.5 Å². The van der Waals surface area contributed by atoms with E-state index in [1.165, 1.54) is 56.7 Å². The van der Waals surface area contributed by atoms with E-state index in [9.17, 15) is 19.5 Å². The molecule has 0 radical (unpaired) electrons. The fourth-order valence-corrected chi connectivity index (χ4v) is 4.16. The van der Waals surface area contributed by atoms with E-state index in [1.54, 1.807) is 12.1 Å². The third kappa shape index (κ3) is 17.6. The number of nitrogens with two attached hydrogens (primary N) is 2. The number of hydrogen-bond donors (Lipinski definition) is 6. The number of carbonyl (C=O) groups is 3. The number of unbranched alkanes of at least 4 members (excludes halogenated alkanes) is 8. The van der Waals surface area contributed by atoms with Gasteiger partial charge < -0.3 is 32.3 Å². The van der Waals surface area contributed by atoms with E-state index in [0.717, 1.165) is 30.9 Å². The summed E-state index contributed by atoms with van der Waals surface area (Å²) >= 11 is 0. The molecule has 2 atom stereocenters. The molecule has 39 heavy (non-hydrogen) atoms. The molecule has 0 aliphatic heterocycles. The third-order valence-corrected chi connectivity index (χ3v) is 6.30. The molecule has 0 aromatic heterocycles. The van der Waals surface area contributed by atoms with E-state index in [-0.39, 0.29) is 24.0 Å². The molecule has 10 heteroatoms. The first kappa shape index (κ1) is 33.5. The van der Waals surface area contributed by atoms with Crippen LogP contribution in [0.25, 0.3) is 0 Å². The summed E-state index contributed by atoms with van der Waals surface area (Å²) in [6.07, 6.45) is 14.1. The number of amides is 2. The first-order valence-corrected chi connectivity index (χ1v) is 14.1. The van der Waals surface area contributed by atoms with Crippen molar-refractivity contribution in [2.45, 2.75) is 102 Å². The summed E-state index contributed by atoms with van der Waals surface area (Å²) in [4.78, 5) is 40.9. The van der Waals surface area contributed by atoms with Crippen molar-refractivity contribution in [3.63, 3.8) is 0 Å². The van der Waals surface area contributed by atoms with Crippen molar-refractivity contribution in [1.82, 2.24) is 10.6 Å². The normalized spacial score (nSPS) is 12.5. The lowest BCUT2D eigenvalue weighted by atomic mass is 10.0. The van der Waals surface area contributed by atoms with Gasteiger partial charge >= 0.3 is 5.97 Å². The van der Waals surface area contributed by atoms with E-state index >= 15 is 0 Å². The average molecular weight is 546 g/mol. The Morgan fingerprint density at radius 3 is 2.13 bits per heavy atom. The lowest BCUT2D eigenvalue weighted by molar-refractivity contribution is -0.131. The summed E-state index contributed by atoms with van der Waals surface area (Å²) in [5.41, 5.74) is 11.5. The number of benzene rings is 1. The molecule has 0 spiro atoms. The van der Waals surface area contributed by atoms with E-state index < -0.39 is 24.0 Å². The molecule has 1 aromatic rings. The molecule has 0 bridgehead atoms. The number of guanidine groups is 1. The minimum atomic E-state index is -1.13. The second-order valence-corrected chi connectivity index (χ2v) is 9.83. The van der Waals surface area contributed by atoms with Gasteiger partial charge in [-0.3, -0.25) is 14.6 Å². The Hall–Kier alpha value is -3.56. The molecule has 1 rings (SSSR count). The molecule has 0 saturated carbocycles. The molecule has 0 unspecified atom stereocenters. The number of nitrogens with one attached hydrogen (secondary N) is 2. The predicted molar refractivity (Wildman–Crippen MR) is 154 cm³/mol. The van der Waals surface area contributed by atoms with Gasteiger partial charge in [-0.25, -0.2) is 4.79 Å². The highest BCUT2D eigenvalue weighted by atomic mass is 16.4. The lowest BCUT2D eigenvalue weighted by Crippen LogP contribution is -2.50. The molecule has 0 fully saturated rings. The molecule has 10 nitrogen and oxygen atoms in total. The van der Waals surface area contributed by atoms with Gasteiger partial charge in [0.25, 0.3) is 0 Å². The molecule has 8 N–H and O–H groups in total. The number of aromatic hydroxyl groups is 1. The largest absolute Gasteiger partial charge is 0.508 e. The summed E-state index contributed by atoms with van der Waals surface area (Å²) in [6, 6.07) is 4.99. The van der Waals surface area contributed by atoms with Gasteiger partial charge in [-0.05, 0) is 37.0 Å². The van der Waals surface area contributed by atoms with Crippen molar-refractivity contribution in [3.05, 3.63) is 42.0 Å². The van der Waals surface area contributed by atoms with E-state index in [1.807, 2.05) is 0 Å². The highest BCUT2D eigenvalue weighted by Crippen LogP contribution is 2.13. The molecular formula is C29H47N5O5. The maximum Gasteiger partial charge on any atom is 0.328 e. The molecule has 0 aliphatic carbocycles. The van der Waals surface area contributed by atoms with Crippen molar-refractivity contribution >= 4 is 23.7 Å². The Morgan fingerprint density at radius 1 is 0.923 bits per heavy atom. The summed E-state index contributed by atoms with van der Waals surface area (Å²) in [5, 5.41) is 24.3. The number of aliphatic imine (C=N–C) groups is 1. The monoisotopic (exact) mass is 545 g/mol. The fraction of sp³-hybridized carbons (Fsp3) is 0.586. The molecule has 1 aromatic carbocycles. The standard InChI is InChI=1S/C29H47N5O5/c1-2-3-4-5-6-7-8-9-10-13-26(36)34-25(21-22-14-17-24(35)18-15-22)28(39)33-23(16-19-27(37)38)12-11-20-32-29(30)31/h14-19,23,25,35H,2-13,20-21H2,1H3,(H,33,39)(H,34,36)(H,37,38)(H4,30,31,32)/b19-16+/t23-,25-/m0/s1. The van der Waals surface area contributed by atoms with Gasteiger partial charge in [-0.1, -0.05) is 76.5 Å². The van der Waals surface area contributed by atoms with Crippen molar-refractivity contribution in [2.24, 2.45) is 16.5 Å². The number of hydrogen-bond acceptors (Lipinski definition) is 5. The molecule has 0 aliphatic rings. The van der Waals surface area contributed by atoms with Crippen LogP contribution in [0.4, 0.5) is 0 Å². The summed E-state index contributed by atoms with van der Waals surface area (Å²) in [5.74, 6) is -1.70.